The molecule has 3 heterocycles. The molecule has 2 aromatic rings. The van der Waals surface area contributed by atoms with E-state index in [0.29, 0.717) is 24.2 Å². The van der Waals surface area contributed by atoms with E-state index in [1.165, 1.54) is 27.6 Å². The highest BCUT2D eigenvalue weighted by Crippen LogP contribution is 2.41. The Balaban J connectivity index is 1.70. The van der Waals surface area contributed by atoms with Crippen molar-refractivity contribution in [1.29, 1.82) is 0 Å². The Kier molecular flexibility index (Phi) is 4.15. The third kappa shape index (κ3) is 2.76. The molecule has 0 saturated carbocycles. The second-order valence-corrected chi connectivity index (χ2v) is 7.35. The van der Waals surface area contributed by atoms with Crippen LogP contribution in [0.4, 0.5) is 0 Å². The summed E-state index contributed by atoms with van der Waals surface area (Å²) in [6, 6.07) is 8.44. The summed E-state index contributed by atoms with van der Waals surface area (Å²) in [5.41, 5.74) is 2.37. The van der Waals surface area contributed by atoms with Gasteiger partial charge in [-0.25, -0.2) is 4.98 Å². The predicted octanol–water partition coefficient (Wildman–Crippen LogP) is 2.08. The summed E-state index contributed by atoms with van der Waals surface area (Å²) in [5, 5.41) is 4.73. The highest BCUT2D eigenvalue weighted by atomic mass is 32.2. The first-order chi connectivity index (χ1) is 11.6. The average Bonchev–Trinajstić information content (AvgIpc) is 3.07. The van der Waals surface area contributed by atoms with Crippen LogP contribution >= 0.6 is 11.8 Å². The second kappa shape index (κ2) is 6.31. The fraction of sp³-hybridized carbons (Fsp3) is 0.471. The number of aryl methyl sites for hydroxylation is 2. The number of benzene rings is 1. The SMILES string of the molecule is Cc1cccc(C(C2Sc3nc(C)nn3C2=O)N2CCOCC2)c1. The molecule has 0 spiro atoms. The molecule has 6 nitrogen and oxygen atoms in total. The molecule has 2 atom stereocenters. The number of aromatic nitrogens is 3. The van der Waals surface area contributed by atoms with Crippen molar-refractivity contribution in [3.05, 3.63) is 41.2 Å². The summed E-state index contributed by atoms with van der Waals surface area (Å²) in [4.78, 5) is 19.7. The zero-order valence-electron chi connectivity index (χ0n) is 13.8. The van der Waals surface area contributed by atoms with Gasteiger partial charge in [-0.1, -0.05) is 41.6 Å². The Labute approximate surface area is 145 Å². The summed E-state index contributed by atoms with van der Waals surface area (Å²) in [5.74, 6) is 0.663. The van der Waals surface area contributed by atoms with Crippen LogP contribution in [-0.2, 0) is 4.74 Å². The molecular weight excluding hydrogens is 324 g/mol. The lowest BCUT2D eigenvalue weighted by Crippen LogP contribution is -2.44. The average molecular weight is 344 g/mol. The van der Waals surface area contributed by atoms with Gasteiger partial charge in [0.1, 0.15) is 11.1 Å². The second-order valence-electron chi connectivity index (χ2n) is 6.24. The number of rotatable bonds is 3. The van der Waals surface area contributed by atoms with E-state index in [1.54, 1.807) is 0 Å². The Bertz CT molecular complexity index is 770. The molecule has 1 aromatic carbocycles. The van der Waals surface area contributed by atoms with E-state index in [9.17, 15) is 4.79 Å². The minimum absolute atomic E-state index is 0.00936. The van der Waals surface area contributed by atoms with Crippen molar-refractivity contribution in [1.82, 2.24) is 19.7 Å². The summed E-state index contributed by atoms with van der Waals surface area (Å²) < 4.78 is 6.96. The quantitative estimate of drug-likeness (QED) is 0.850. The molecule has 1 aromatic heterocycles. The van der Waals surface area contributed by atoms with Crippen LogP contribution in [0.25, 0.3) is 0 Å². The van der Waals surface area contributed by atoms with Crippen molar-refractivity contribution in [3.8, 4) is 0 Å². The molecule has 7 heteroatoms. The van der Waals surface area contributed by atoms with Crippen molar-refractivity contribution < 1.29 is 9.53 Å². The third-order valence-electron chi connectivity index (χ3n) is 4.48. The van der Waals surface area contributed by atoms with Crippen LogP contribution in [0.5, 0.6) is 0 Å². The van der Waals surface area contributed by atoms with Gasteiger partial charge in [0.25, 0.3) is 5.91 Å². The zero-order chi connectivity index (χ0) is 16.7. The van der Waals surface area contributed by atoms with Gasteiger partial charge in [-0.05, 0) is 19.4 Å². The fourth-order valence-corrected chi connectivity index (χ4v) is 4.69. The maximum atomic E-state index is 12.9. The molecular formula is C17H20N4O2S. The first-order valence-corrected chi connectivity index (χ1v) is 9.04. The summed E-state index contributed by atoms with van der Waals surface area (Å²) in [7, 11) is 0. The summed E-state index contributed by atoms with van der Waals surface area (Å²) in [6.07, 6.45) is 0. The lowest BCUT2D eigenvalue weighted by Gasteiger charge is -2.36. The fourth-order valence-electron chi connectivity index (χ4n) is 3.39. The molecule has 126 valence electrons. The maximum Gasteiger partial charge on any atom is 0.264 e. The molecule has 2 aliphatic rings. The van der Waals surface area contributed by atoms with Crippen molar-refractivity contribution in [3.63, 3.8) is 0 Å². The van der Waals surface area contributed by atoms with E-state index in [0.717, 1.165) is 13.1 Å². The van der Waals surface area contributed by atoms with Gasteiger partial charge < -0.3 is 4.74 Å². The number of carbonyl (C=O) groups is 1. The lowest BCUT2D eigenvalue weighted by atomic mass is 9.99. The highest BCUT2D eigenvalue weighted by Gasteiger charge is 2.43. The first kappa shape index (κ1) is 15.8. The van der Waals surface area contributed by atoms with Gasteiger partial charge in [0.05, 0.1) is 19.3 Å². The van der Waals surface area contributed by atoms with Crippen LogP contribution in [0.3, 0.4) is 0 Å². The highest BCUT2D eigenvalue weighted by molar-refractivity contribution is 8.00. The van der Waals surface area contributed by atoms with Crippen molar-refractivity contribution >= 4 is 17.7 Å². The van der Waals surface area contributed by atoms with Gasteiger partial charge >= 0.3 is 0 Å². The van der Waals surface area contributed by atoms with Crippen LogP contribution in [0.1, 0.15) is 27.8 Å². The van der Waals surface area contributed by atoms with Crippen LogP contribution < -0.4 is 0 Å². The van der Waals surface area contributed by atoms with E-state index in [2.05, 4.69) is 46.2 Å². The largest absolute Gasteiger partial charge is 0.379 e. The molecule has 2 unspecified atom stereocenters. The normalized spacial score (nSPS) is 22.6. The predicted molar refractivity (Wildman–Crippen MR) is 91.3 cm³/mol. The number of morpholine rings is 1. The summed E-state index contributed by atoms with van der Waals surface area (Å²) >= 11 is 1.52. The van der Waals surface area contributed by atoms with Crippen LogP contribution in [0.2, 0.25) is 0 Å². The maximum absolute atomic E-state index is 12.9. The molecule has 0 amide bonds. The van der Waals surface area contributed by atoms with Gasteiger partial charge in [0.2, 0.25) is 0 Å². The van der Waals surface area contributed by atoms with Gasteiger partial charge in [-0.2, -0.15) is 4.68 Å². The van der Waals surface area contributed by atoms with E-state index in [-0.39, 0.29) is 17.2 Å². The molecule has 0 radical (unpaired) electrons. The Morgan fingerprint density at radius 2 is 2.08 bits per heavy atom. The topological polar surface area (TPSA) is 60.2 Å². The van der Waals surface area contributed by atoms with E-state index < -0.39 is 0 Å². The number of ether oxygens (including phenoxy) is 1. The van der Waals surface area contributed by atoms with Crippen LogP contribution in [-0.4, -0.2) is 57.1 Å². The van der Waals surface area contributed by atoms with Gasteiger partial charge in [0.15, 0.2) is 5.16 Å². The summed E-state index contributed by atoms with van der Waals surface area (Å²) in [6.45, 7) is 6.97. The standard InChI is InChI=1S/C17H20N4O2S/c1-11-4-3-5-13(10-11)14(20-6-8-23-9-7-20)15-16(22)21-17(24-15)18-12(2)19-21/h3-5,10,14-15H,6-9H2,1-2H3. The van der Waals surface area contributed by atoms with Gasteiger partial charge in [-0.3, -0.25) is 9.69 Å². The number of nitrogens with zero attached hydrogens (tertiary/aromatic N) is 4. The number of hydrogen-bond donors (Lipinski definition) is 0. The number of carbonyl (C=O) groups excluding carboxylic acids is 1. The third-order valence-corrected chi connectivity index (χ3v) is 5.67. The molecule has 1 fully saturated rings. The van der Waals surface area contributed by atoms with Crippen molar-refractivity contribution in [2.45, 2.75) is 30.3 Å². The minimum Gasteiger partial charge on any atom is -0.379 e. The molecule has 0 bridgehead atoms. The Morgan fingerprint density at radius 1 is 1.29 bits per heavy atom. The molecule has 2 aliphatic heterocycles. The lowest BCUT2D eigenvalue weighted by molar-refractivity contribution is 0.0152. The Morgan fingerprint density at radius 3 is 2.79 bits per heavy atom. The van der Waals surface area contributed by atoms with Gasteiger partial charge in [-0.15, -0.1) is 5.10 Å². The van der Waals surface area contributed by atoms with E-state index in [4.69, 9.17) is 4.74 Å². The molecule has 0 N–H and O–H groups in total. The monoisotopic (exact) mass is 344 g/mol. The van der Waals surface area contributed by atoms with Crippen molar-refractivity contribution in [2.75, 3.05) is 26.3 Å². The van der Waals surface area contributed by atoms with Crippen molar-refractivity contribution in [2.24, 2.45) is 0 Å². The zero-order valence-corrected chi connectivity index (χ0v) is 14.6. The molecule has 1 saturated heterocycles. The van der Waals surface area contributed by atoms with E-state index >= 15 is 0 Å². The number of hydrogen-bond acceptors (Lipinski definition) is 6. The number of thioether (sulfide) groups is 1. The number of fused-ring (bicyclic) bond motifs is 1. The molecule has 4 rings (SSSR count). The Hall–Kier alpha value is -1.70. The van der Waals surface area contributed by atoms with Crippen LogP contribution in [0.15, 0.2) is 29.4 Å². The van der Waals surface area contributed by atoms with Gasteiger partial charge in [0, 0.05) is 13.1 Å². The smallest absolute Gasteiger partial charge is 0.264 e. The minimum atomic E-state index is -0.222. The van der Waals surface area contributed by atoms with E-state index in [1.807, 2.05) is 6.92 Å². The molecule has 24 heavy (non-hydrogen) atoms. The first-order valence-electron chi connectivity index (χ1n) is 8.16. The van der Waals surface area contributed by atoms with Crippen LogP contribution in [0, 0.1) is 13.8 Å². The molecule has 0 aliphatic carbocycles.